The third kappa shape index (κ3) is 3.32. The molecule has 0 rings (SSSR count). The van der Waals surface area contributed by atoms with Gasteiger partial charge in [0.2, 0.25) is 0 Å². The Bertz CT molecular complexity index is 214. The average molecular weight is 170 g/mol. The SMILES string of the molecule is COC(=O)/C(=C\C(C)C)C(C)=O. The fourth-order valence-corrected chi connectivity index (χ4v) is 0.772. The largest absolute Gasteiger partial charge is 0.465 e. The fourth-order valence-electron chi connectivity index (χ4n) is 0.772. The molecule has 0 radical (unpaired) electrons. The summed E-state index contributed by atoms with van der Waals surface area (Å²) in [5, 5.41) is 0. The highest BCUT2D eigenvalue weighted by Gasteiger charge is 2.14. The molecule has 3 heteroatoms. The van der Waals surface area contributed by atoms with Gasteiger partial charge in [0, 0.05) is 0 Å². The van der Waals surface area contributed by atoms with Crippen molar-refractivity contribution in [3.8, 4) is 0 Å². The first-order valence-electron chi connectivity index (χ1n) is 3.80. The molecule has 68 valence electrons. The van der Waals surface area contributed by atoms with Gasteiger partial charge in [0.15, 0.2) is 5.78 Å². The van der Waals surface area contributed by atoms with Gasteiger partial charge < -0.3 is 4.74 Å². The molecule has 0 amide bonds. The second kappa shape index (κ2) is 4.70. The minimum Gasteiger partial charge on any atom is -0.465 e. The van der Waals surface area contributed by atoms with Crippen molar-refractivity contribution in [3.05, 3.63) is 11.6 Å². The van der Waals surface area contributed by atoms with Gasteiger partial charge in [0.1, 0.15) is 0 Å². The molecule has 0 saturated carbocycles. The summed E-state index contributed by atoms with van der Waals surface area (Å²) < 4.78 is 4.45. The molecular weight excluding hydrogens is 156 g/mol. The molecule has 12 heavy (non-hydrogen) atoms. The van der Waals surface area contributed by atoms with Crippen LogP contribution in [0.15, 0.2) is 11.6 Å². The van der Waals surface area contributed by atoms with Crippen molar-refractivity contribution < 1.29 is 14.3 Å². The molecule has 0 aromatic carbocycles. The summed E-state index contributed by atoms with van der Waals surface area (Å²) in [5.74, 6) is -0.644. The number of ketones is 1. The predicted octanol–water partition coefficient (Wildman–Crippen LogP) is 1.33. The molecule has 0 unspecified atom stereocenters. The van der Waals surface area contributed by atoms with Crippen molar-refractivity contribution in [1.29, 1.82) is 0 Å². The molecule has 0 heterocycles. The van der Waals surface area contributed by atoms with E-state index in [1.165, 1.54) is 14.0 Å². The van der Waals surface area contributed by atoms with Gasteiger partial charge in [0.05, 0.1) is 12.7 Å². The molecule has 0 aromatic rings. The Morgan fingerprint density at radius 1 is 1.33 bits per heavy atom. The number of allylic oxidation sites excluding steroid dienone is 1. The molecule has 0 aliphatic carbocycles. The number of ether oxygens (including phenoxy) is 1. The average Bonchev–Trinajstić information content (AvgIpc) is 1.98. The topological polar surface area (TPSA) is 43.4 Å². The van der Waals surface area contributed by atoms with Gasteiger partial charge in [-0.3, -0.25) is 4.79 Å². The third-order valence-corrected chi connectivity index (χ3v) is 1.28. The lowest BCUT2D eigenvalue weighted by atomic mass is 10.1. The van der Waals surface area contributed by atoms with Crippen LogP contribution in [0.5, 0.6) is 0 Å². The van der Waals surface area contributed by atoms with Crippen LogP contribution in [0.25, 0.3) is 0 Å². The molecule has 0 saturated heterocycles. The van der Waals surface area contributed by atoms with Crippen LogP contribution in [0, 0.1) is 5.92 Å². The van der Waals surface area contributed by atoms with Gasteiger partial charge in [-0.1, -0.05) is 19.9 Å². The van der Waals surface area contributed by atoms with E-state index in [1.54, 1.807) is 6.08 Å². The van der Waals surface area contributed by atoms with Crippen LogP contribution in [0.2, 0.25) is 0 Å². The Morgan fingerprint density at radius 2 is 1.83 bits per heavy atom. The lowest BCUT2D eigenvalue weighted by Gasteiger charge is -2.02. The van der Waals surface area contributed by atoms with E-state index in [4.69, 9.17) is 0 Å². The molecule has 0 atom stereocenters. The van der Waals surface area contributed by atoms with Gasteiger partial charge in [0.25, 0.3) is 0 Å². The first-order chi connectivity index (χ1) is 5.49. The van der Waals surface area contributed by atoms with Crippen molar-refractivity contribution in [1.82, 2.24) is 0 Å². The zero-order chi connectivity index (χ0) is 9.72. The number of esters is 1. The van der Waals surface area contributed by atoms with Gasteiger partial charge in [-0.05, 0) is 12.8 Å². The summed E-state index contributed by atoms with van der Waals surface area (Å²) in [6.07, 6.45) is 1.61. The van der Waals surface area contributed by atoms with Crippen molar-refractivity contribution in [3.63, 3.8) is 0 Å². The summed E-state index contributed by atoms with van der Waals surface area (Å²) in [5.41, 5.74) is 0.132. The van der Waals surface area contributed by atoms with Crippen LogP contribution >= 0.6 is 0 Å². The maximum atomic E-state index is 11.0. The van der Waals surface area contributed by atoms with Crippen molar-refractivity contribution in [2.45, 2.75) is 20.8 Å². The van der Waals surface area contributed by atoms with Crippen LogP contribution in [-0.4, -0.2) is 18.9 Å². The Balaban J connectivity index is 4.67. The van der Waals surface area contributed by atoms with Gasteiger partial charge in [-0.15, -0.1) is 0 Å². The molecule has 3 nitrogen and oxygen atoms in total. The lowest BCUT2D eigenvalue weighted by Crippen LogP contribution is -2.12. The predicted molar refractivity (Wildman–Crippen MR) is 45.6 cm³/mol. The number of carbonyl (C=O) groups is 2. The lowest BCUT2D eigenvalue weighted by molar-refractivity contribution is -0.137. The Kier molecular flexibility index (Phi) is 4.26. The maximum Gasteiger partial charge on any atom is 0.341 e. The van der Waals surface area contributed by atoms with Gasteiger partial charge in [-0.2, -0.15) is 0 Å². The number of rotatable bonds is 3. The van der Waals surface area contributed by atoms with E-state index >= 15 is 0 Å². The van der Waals surface area contributed by atoms with E-state index in [0.717, 1.165) is 0 Å². The minimum absolute atomic E-state index is 0.132. The summed E-state index contributed by atoms with van der Waals surface area (Å²) in [7, 11) is 1.26. The molecule has 0 bridgehead atoms. The number of hydrogen-bond donors (Lipinski definition) is 0. The number of methoxy groups -OCH3 is 1. The molecule has 0 aliphatic heterocycles. The normalized spacial score (nSPS) is 11.6. The standard InChI is InChI=1S/C9H14O3/c1-6(2)5-8(7(3)10)9(11)12-4/h5-6H,1-4H3/b8-5-. The summed E-state index contributed by atoms with van der Waals surface area (Å²) in [4.78, 5) is 21.9. The Hall–Kier alpha value is -1.12. The summed E-state index contributed by atoms with van der Waals surface area (Å²) >= 11 is 0. The first-order valence-corrected chi connectivity index (χ1v) is 3.80. The number of hydrogen-bond acceptors (Lipinski definition) is 3. The molecule has 0 fully saturated rings. The molecule has 0 aliphatic rings. The van der Waals surface area contributed by atoms with Crippen LogP contribution < -0.4 is 0 Å². The van der Waals surface area contributed by atoms with Crippen LogP contribution in [0.3, 0.4) is 0 Å². The van der Waals surface area contributed by atoms with E-state index in [9.17, 15) is 9.59 Å². The highest BCUT2D eigenvalue weighted by Crippen LogP contribution is 2.05. The quantitative estimate of drug-likeness (QED) is 0.278. The van der Waals surface area contributed by atoms with Crippen LogP contribution in [-0.2, 0) is 14.3 Å². The number of Topliss-reactive ketones (excluding diaryl/α,β-unsaturated/α-hetero) is 1. The zero-order valence-corrected chi connectivity index (χ0v) is 7.88. The molecule has 0 spiro atoms. The second-order valence-electron chi connectivity index (χ2n) is 2.87. The van der Waals surface area contributed by atoms with Crippen molar-refractivity contribution >= 4 is 11.8 Å². The number of carbonyl (C=O) groups excluding carboxylic acids is 2. The van der Waals surface area contributed by atoms with Crippen molar-refractivity contribution in [2.75, 3.05) is 7.11 Å². The highest BCUT2D eigenvalue weighted by molar-refractivity contribution is 6.16. The smallest absolute Gasteiger partial charge is 0.341 e. The minimum atomic E-state index is -0.559. The van der Waals surface area contributed by atoms with E-state index in [0.29, 0.717) is 0 Å². The van der Waals surface area contributed by atoms with Crippen molar-refractivity contribution in [2.24, 2.45) is 5.92 Å². The Morgan fingerprint density at radius 3 is 2.08 bits per heavy atom. The van der Waals surface area contributed by atoms with E-state index in [1.807, 2.05) is 13.8 Å². The summed E-state index contributed by atoms with van der Waals surface area (Å²) in [6, 6.07) is 0. The van der Waals surface area contributed by atoms with E-state index < -0.39 is 5.97 Å². The van der Waals surface area contributed by atoms with Crippen LogP contribution in [0.4, 0.5) is 0 Å². The van der Waals surface area contributed by atoms with E-state index in [2.05, 4.69) is 4.74 Å². The van der Waals surface area contributed by atoms with Crippen LogP contribution in [0.1, 0.15) is 20.8 Å². The first kappa shape index (κ1) is 10.9. The maximum absolute atomic E-state index is 11.0. The zero-order valence-electron chi connectivity index (χ0n) is 7.88. The molecule has 0 aromatic heterocycles. The molecular formula is C9H14O3. The molecule has 0 N–H and O–H groups in total. The van der Waals surface area contributed by atoms with E-state index in [-0.39, 0.29) is 17.3 Å². The monoisotopic (exact) mass is 170 g/mol. The van der Waals surface area contributed by atoms with Gasteiger partial charge >= 0.3 is 5.97 Å². The highest BCUT2D eigenvalue weighted by atomic mass is 16.5. The summed E-state index contributed by atoms with van der Waals surface area (Å²) in [6.45, 7) is 5.14. The third-order valence-electron chi connectivity index (χ3n) is 1.28. The van der Waals surface area contributed by atoms with Gasteiger partial charge in [-0.25, -0.2) is 4.79 Å². The Labute approximate surface area is 72.4 Å². The second-order valence-corrected chi connectivity index (χ2v) is 2.87. The fraction of sp³-hybridized carbons (Fsp3) is 0.556.